The number of hydrogen-bond donors (Lipinski definition) is 2. The van der Waals surface area contributed by atoms with E-state index in [0.717, 1.165) is 5.76 Å². The third-order valence-electron chi connectivity index (χ3n) is 3.06. The van der Waals surface area contributed by atoms with Crippen LogP contribution in [-0.4, -0.2) is 32.8 Å². The standard InChI is InChI=1S/C14H17N3O4/c1-9(5-6-10-4-3-7-21-10)15-13(18)12-11(14(19)20)8-17(2)16-12/h3-4,7-9H,5-6H2,1-2H3,(H,15,18)(H,19,20). The number of amides is 1. The Kier molecular flexibility index (Phi) is 4.42. The van der Waals surface area contributed by atoms with Crippen LogP contribution < -0.4 is 5.32 Å². The Bertz CT molecular complexity index is 631. The molecule has 0 aliphatic carbocycles. The molecule has 7 heteroatoms. The van der Waals surface area contributed by atoms with Gasteiger partial charge in [-0.15, -0.1) is 0 Å². The lowest BCUT2D eigenvalue weighted by atomic mass is 10.1. The first-order valence-corrected chi connectivity index (χ1v) is 6.57. The number of rotatable bonds is 6. The van der Waals surface area contributed by atoms with Gasteiger partial charge in [0.15, 0.2) is 5.69 Å². The molecule has 112 valence electrons. The molecule has 2 aromatic rings. The second kappa shape index (κ2) is 6.25. The van der Waals surface area contributed by atoms with Crippen molar-refractivity contribution in [2.24, 2.45) is 7.05 Å². The molecule has 0 spiro atoms. The summed E-state index contributed by atoms with van der Waals surface area (Å²) in [6, 6.07) is 3.56. The number of aromatic carboxylic acids is 1. The van der Waals surface area contributed by atoms with Crippen molar-refractivity contribution < 1.29 is 19.1 Å². The maximum absolute atomic E-state index is 12.1. The predicted octanol–water partition coefficient (Wildman–Crippen LogP) is 1.46. The summed E-state index contributed by atoms with van der Waals surface area (Å²) in [7, 11) is 1.57. The number of furan rings is 1. The Balaban J connectivity index is 1.96. The molecule has 0 saturated carbocycles. The van der Waals surface area contributed by atoms with Crippen molar-refractivity contribution in [1.82, 2.24) is 15.1 Å². The molecule has 0 aromatic carbocycles. The Morgan fingerprint density at radius 3 is 2.90 bits per heavy atom. The van der Waals surface area contributed by atoms with Gasteiger partial charge in [0.1, 0.15) is 11.3 Å². The number of carbonyl (C=O) groups is 2. The van der Waals surface area contributed by atoms with Gasteiger partial charge in [-0.05, 0) is 25.5 Å². The lowest BCUT2D eigenvalue weighted by molar-refractivity contribution is 0.0690. The number of aryl methyl sites for hydroxylation is 2. The first-order valence-electron chi connectivity index (χ1n) is 6.57. The molecule has 0 saturated heterocycles. The number of aromatic nitrogens is 2. The maximum atomic E-state index is 12.1. The van der Waals surface area contributed by atoms with E-state index >= 15 is 0 Å². The minimum atomic E-state index is -1.17. The fourth-order valence-electron chi connectivity index (χ4n) is 1.99. The molecule has 1 amide bonds. The van der Waals surface area contributed by atoms with E-state index in [9.17, 15) is 9.59 Å². The van der Waals surface area contributed by atoms with Gasteiger partial charge in [-0.2, -0.15) is 5.10 Å². The third kappa shape index (κ3) is 3.71. The average Bonchev–Trinajstić information content (AvgIpc) is 3.05. The van der Waals surface area contributed by atoms with Crippen LogP contribution in [0, 0.1) is 0 Å². The molecule has 7 nitrogen and oxygen atoms in total. The molecule has 0 radical (unpaired) electrons. The number of carboxylic acid groups (broad SMARTS) is 1. The third-order valence-corrected chi connectivity index (χ3v) is 3.06. The van der Waals surface area contributed by atoms with E-state index in [-0.39, 0.29) is 17.3 Å². The minimum Gasteiger partial charge on any atom is -0.478 e. The van der Waals surface area contributed by atoms with Crippen LogP contribution in [0.2, 0.25) is 0 Å². The minimum absolute atomic E-state index is 0.0742. The molecule has 0 aliphatic rings. The van der Waals surface area contributed by atoms with Crippen molar-refractivity contribution in [3.63, 3.8) is 0 Å². The SMILES string of the molecule is CC(CCc1ccco1)NC(=O)c1nn(C)cc1C(=O)O. The van der Waals surface area contributed by atoms with E-state index in [1.54, 1.807) is 13.3 Å². The highest BCUT2D eigenvalue weighted by Gasteiger charge is 2.22. The van der Waals surface area contributed by atoms with Crippen LogP contribution in [0.1, 0.15) is 40.0 Å². The second-order valence-electron chi connectivity index (χ2n) is 4.86. The van der Waals surface area contributed by atoms with Gasteiger partial charge in [0.25, 0.3) is 5.91 Å². The lowest BCUT2D eigenvalue weighted by Gasteiger charge is -2.12. The molecule has 2 N–H and O–H groups in total. The fraction of sp³-hybridized carbons (Fsp3) is 0.357. The van der Waals surface area contributed by atoms with Gasteiger partial charge in [0.2, 0.25) is 0 Å². The van der Waals surface area contributed by atoms with Crippen molar-refractivity contribution in [3.05, 3.63) is 41.6 Å². The summed E-state index contributed by atoms with van der Waals surface area (Å²) < 4.78 is 6.53. The fourth-order valence-corrected chi connectivity index (χ4v) is 1.99. The summed E-state index contributed by atoms with van der Waals surface area (Å²) in [5, 5.41) is 15.7. The highest BCUT2D eigenvalue weighted by molar-refractivity contribution is 6.03. The largest absolute Gasteiger partial charge is 0.478 e. The van der Waals surface area contributed by atoms with Crippen molar-refractivity contribution in [2.45, 2.75) is 25.8 Å². The van der Waals surface area contributed by atoms with E-state index < -0.39 is 11.9 Å². The quantitative estimate of drug-likeness (QED) is 0.839. The Hall–Kier alpha value is -2.57. The van der Waals surface area contributed by atoms with E-state index in [1.807, 2.05) is 19.1 Å². The van der Waals surface area contributed by atoms with Crippen LogP contribution in [0.5, 0.6) is 0 Å². The van der Waals surface area contributed by atoms with Gasteiger partial charge in [-0.1, -0.05) is 0 Å². The Labute approximate surface area is 121 Å². The van der Waals surface area contributed by atoms with Crippen LogP contribution in [0.4, 0.5) is 0 Å². The lowest BCUT2D eigenvalue weighted by Crippen LogP contribution is -2.34. The summed E-state index contributed by atoms with van der Waals surface area (Å²) in [4.78, 5) is 23.1. The van der Waals surface area contributed by atoms with E-state index in [4.69, 9.17) is 9.52 Å². The highest BCUT2D eigenvalue weighted by Crippen LogP contribution is 2.09. The van der Waals surface area contributed by atoms with Gasteiger partial charge < -0.3 is 14.8 Å². The highest BCUT2D eigenvalue weighted by atomic mass is 16.4. The van der Waals surface area contributed by atoms with Crippen LogP contribution in [0.15, 0.2) is 29.0 Å². The molecule has 21 heavy (non-hydrogen) atoms. The summed E-state index contributed by atoms with van der Waals surface area (Å²) >= 11 is 0. The summed E-state index contributed by atoms with van der Waals surface area (Å²) in [5.41, 5.74) is -0.178. The summed E-state index contributed by atoms with van der Waals surface area (Å²) in [6.07, 6.45) is 4.30. The molecule has 0 bridgehead atoms. The summed E-state index contributed by atoms with van der Waals surface area (Å²) in [5.74, 6) is -0.809. The van der Waals surface area contributed by atoms with Gasteiger partial charge in [0, 0.05) is 25.7 Å². The molecule has 0 fully saturated rings. The van der Waals surface area contributed by atoms with Crippen LogP contribution in [-0.2, 0) is 13.5 Å². The van der Waals surface area contributed by atoms with E-state index in [1.165, 1.54) is 10.9 Å². The number of nitrogens with zero attached hydrogens (tertiary/aromatic N) is 2. The van der Waals surface area contributed by atoms with Gasteiger partial charge in [-0.3, -0.25) is 9.48 Å². The molecule has 2 rings (SSSR count). The molecule has 2 aromatic heterocycles. The predicted molar refractivity (Wildman–Crippen MR) is 74.1 cm³/mol. The average molecular weight is 291 g/mol. The zero-order valence-electron chi connectivity index (χ0n) is 11.9. The smallest absolute Gasteiger partial charge is 0.339 e. The second-order valence-corrected chi connectivity index (χ2v) is 4.86. The van der Waals surface area contributed by atoms with Crippen molar-refractivity contribution in [1.29, 1.82) is 0 Å². The maximum Gasteiger partial charge on any atom is 0.339 e. The zero-order valence-corrected chi connectivity index (χ0v) is 11.9. The van der Waals surface area contributed by atoms with Crippen LogP contribution >= 0.6 is 0 Å². The van der Waals surface area contributed by atoms with Gasteiger partial charge in [0.05, 0.1) is 6.26 Å². The molecule has 0 aliphatic heterocycles. The van der Waals surface area contributed by atoms with Gasteiger partial charge >= 0.3 is 5.97 Å². The molecular formula is C14H17N3O4. The molecular weight excluding hydrogens is 274 g/mol. The normalized spacial score (nSPS) is 12.1. The van der Waals surface area contributed by atoms with Crippen LogP contribution in [0.25, 0.3) is 0 Å². The van der Waals surface area contributed by atoms with E-state index in [2.05, 4.69) is 10.4 Å². The van der Waals surface area contributed by atoms with Crippen molar-refractivity contribution >= 4 is 11.9 Å². The van der Waals surface area contributed by atoms with Crippen molar-refractivity contribution in [2.75, 3.05) is 0 Å². The Morgan fingerprint density at radius 2 is 2.29 bits per heavy atom. The number of carboxylic acids is 1. The molecule has 1 unspecified atom stereocenters. The first kappa shape index (κ1) is 14.8. The zero-order chi connectivity index (χ0) is 15.4. The van der Waals surface area contributed by atoms with Crippen LogP contribution in [0.3, 0.4) is 0 Å². The number of nitrogens with one attached hydrogen (secondary N) is 1. The van der Waals surface area contributed by atoms with Gasteiger partial charge in [-0.25, -0.2) is 4.79 Å². The monoisotopic (exact) mass is 291 g/mol. The number of carbonyl (C=O) groups excluding carboxylic acids is 1. The van der Waals surface area contributed by atoms with E-state index in [0.29, 0.717) is 12.8 Å². The van der Waals surface area contributed by atoms with Crippen molar-refractivity contribution in [3.8, 4) is 0 Å². The topological polar surface area (TPSA) is 97.4 Å². The first-order chi connectivity index (χ1) is 9.97. The Morgan fingerprint density at radius 1 is 1.52 bits per heavy atom. The summed E-state index contributed by atoms with van der Waals surface area (Å²) in [6.45, 7) is 1.85. The molecule has 1 atom stereocenters. The number of hydrogen-bond acceptors (Lipinski definition) is 4. The molecule has 2 heterocycles.